The van der Waals surface area contributed by atoms with Crippen LogP contribution in [0.25, 0.3) is 0 Å². The second-order valence-corrected chi connectivity index (χ2v) is 7.45. The molecule has 0 saturated carbocycles. The SMILES string of the molecule is COc1ccc(CN2C(=S)N[C@H](c3ccccn3)[C@@H]2c2ccc(C)n2C)cc1. The maximum Gasteiger partial charge on any atom is 0.170 e. The zero-order valence-corrected chi connectivity index (χ0v) is 17.1. The fourth-order valence-corrected chi connectivity index (χ4v) is 4.06. The van der Waals surface area contributed by atoms with Gasteiger partial charge in [-0.05, 0) is 61.1 Å². The van der Waals surface area contributed by atoms with Crippen LogP contribution in [0.1, 0.15) is 34.7 Å². The average Bonchev–Trinajstić information content (AvgIpc) is 3.22. The Bertz CT molecular complexity index is 968. The summed E-state index contributed by atoms with van der Waals surface area (Å²) in [6.07, 6.45) is 1.83. The van der Waals surface area contributed by atoms with E-state index in [-0.39, 0.29) is 12.1 Å². The van der Waals surface area contributed by atoms with Crippen molar-refractivity contribution in [2.24, 2.45) is 7.05 Å². The van der Waals surface area contributed by atoms with Crippen molar-refractivity contribution in [2.45, 2.75) is 25.6 Å². The van der Waals surface area contributed by atoms with E-state index >= 15 is 0 Å². The van der Waals surface area contributed by atoms with Crippen molar-refractivity contribution in [2.75, 3.05) is 7.11 Å². The number of nitrogens with zero attached hydrogens (tertiary/aromatic N) is 3. The number of rotatable bonds is 5. The van der Waals surface area contributed by atoms with E-state index in [4.69, 9.17) is 17.0 Å². The van der Waals surface area contributed by atoms with Gasteiger partial charge in [-0.3, -0.25) is 4.98 Å². The molecule has 1 aromatic carbocycles. The molecule has 0 unspecified atom stereocenters. The Hall–Kier alpha value is -2.86. The minimum absolute atomic E-state index is 0.0000478. The molecule has 1 fully saturated rings. The van der Waals surface area contributed by atoms with Crippen LogP contribution in [0.2, 0.25) is 0 Å². The van der Waals surface area contributed by atoms with Gasteiger partial charge in [0.25, 0.3) is 0 Å². The van der Waals surface area contributed by atoms with Crippen LogP contribution < -0.4 is 10.1 Å². The fraction of sp³-hybridized carbons (Fsp3) is 0.273. The van der Waals surface area contributed by atoms with Gasteiger partial charge in [-0.1, -0.05) is 18.2 Å². The molecule has 1 aliphatic rings. The van der Waals surface area contributed by atoms with Gasteiger partial charge in [0.2, 0.25) is 0 Å². The molecular formula is C22H24N4OS. The standard InChI is InChI=1S/C22H24N4OS/c1-15-7-12-19(25(15)2)21-20(18-6-4-5-13-23-18)24-22(28)26(21)14-16-8-10-17(27-3)11-9-16/h4-13,20-21H,14H2,1-3H3,(H,24,28)/t20-,21+/m1/s1. The smallest absolute Gasteiger partial charge is 0.170 e. The highest BCUT2D eigenvalue weighted by molar-refractivity contribution is 7.80. The lowest BCUT2D eigenvalue weighted by atomic mass is 10.0. The molecule has 2 aromatic heterocycles. The minimum atomic E-state index is -0.0000478. The number of methoxy groups -OCH3 is 1. The quantitative estimate of drug-likeness (QED) is 0.667. The van der Waals surface area contributed by atoms with Crippen molar-refractivity contribution >= 4 is 17.3 Å². The summed E-state index contributed by atoms with van der Waals surface area (Å²) in [7, 11) is 3.78. The lowest BCUT2D eigenvalue weighted by molar-refractivity contribution is 0.299. The van der Waals surface area contributed by atoms with E-state index in [1.165, 1.54) is 17.0 Å². The van der Waals surface area contributed by atoms with E-state index in [2.05, 4.69) is 64.1 Å². The third-order valence-corrected chi connectivity index (χ3v) is 5.78. The van der Waals surface area contributed by atoms with Crippen molar-refractivity contribution in [3.05, 3.63) is 83.4 Å². The number of hydrogen-bond donors (Lipinski definition) is 1. The number of pyridine rings is 1. The zero-order chi connectivity index (χ0) is 19.7. The van der Waals surface area contributed by atoms with Gasteiger partial charge < -0.3 is 19.5 Å². The lowest BCUT2D eigenvalue weighted by Crippen LogP contribution is -2.30. The number of hydrogen-bond acceptors (Lipinski definition) is 3. The molecule has 0 radical (unpaired) electrons. The van der Waals surface area contributed by atoms with E-state index in [0.29, 0.717) is 6.54 Å². The number of benzene rings is 1. The molecule has 2 atom stereocenters. The molecule has 0 bridgehead atoms. The first-order chi connectivity index (χ1) is 13.6. The molecule has 5 nitrogen and oxygen atoms in total. The first-order valence-electron chi connectivity index (χ1n) is 9.31. The van der Waals surface area contributed by atoms with E-state index in [1.54, 1.807) is 7.11 Å². The normalized spacial score (nSPS) is 19.0. The number of nitrogens with one attached hydrogen (secondary N) is 1. The first-order valence-corrected chi connectivity index (χ1v) is 9.72. The first kappa shape index (κ1) is 18.5. The highest BCUT2D eigenvalue weighted by Crippen LogP contribution is 2.39. The summed E-state index contributed by atoms with van der Waals surface area (Å²) in [5, 5.41) is 4.25. The van der Waals surface area contributed by atoms with Crippen LogP contribution in [0.3, 0.4) is 0 Å². The minimum Gasteiger partial charge on any atom is -0.497 e. The van der Waals surface area contributed by atoms with Crippen LogP contribution in [0, 0.1) is 6.92 Å². The van der Waals surface area contributed by atoms with Gasteiger partial charge in [0, 0.05) is 31.2 Å². The summed E-state index contributed by atoms with van der Waals surface area (Å²) >= 11 is 5.75. The molecule has 28 heavy (non-hydrogen) atoms. The maximum atomic E-state index is 5.75. The Morgan fingerprint density at radius 3 is 2.50 bits per heavy atom. The van der Waals surface area contributed by atoms with Crippen LogP contribution >= 0.6 is 12.2 Å². The topological polar surface area (TPSA) is 42.3 Å². The maximum absolute atomic E-state index is 5.75. The molecule has 144 valence electrons. The highest BCUT2D eigenvalue weighted by atomic mass is 32.1. The van der Waals surface area contributed by atoms with E-state index in [0.717, 1.165) is 16.6 Å². The van der Waals surface area contributed by atoms with E-state index in [1.807, 2.05) is 30.5 Å². The van der Waals surface area contributed by atoms with Crippen molar-refractivity contribution in [1.82, 2.24) is 19.8 Å². The van der Waals surface area contributed by atoms with Crippen LogP contribution in [0.4, 0.5) is 0 Å². The van der Waals surface area contributed by atoms with Crippen molar-refractivity contribution in [3.63, 3.8) is 0 Å². The van der Waals surface area contributed by atoms with Crippen molar-refractivity contribution in [3.8, 4) is 5.75 Å². The Balaban J connectivity index is 1.72. The zero-order valence-electron chi connectivity index (χ0n) is 16.3. The van der Waals surface area contributed by atoms with Gasteiger partial charge in [0.15, 0.2) is 5.11 Å². The summed E-state index contributed by atoms with van der Waals surface area (Å²) in [5.74, 6) is 0.854. The summed E-state index contributed by atoms with van der Waals surface area (Å²) in [6.45, 7) is 2.84. The molecule has 3 heterocycles. The van der Waals surface area contributed by atoms with Crippen LogP contribution in [0.5, 0.6) is 5.75 Å². The Kier molecular flexibility index (Phi) is 5.05. The number of aryl methyl sites for hydroxylation is 1. The molecule has 0 spiro atoms. The van der Waals surface area contributed by atoms with E-state index < -0.39 is 0 Å². The molecule has 1 aliphatic heterocycles. The lowest BCUT2D eigenvalue weighted by Gasteiger charge is -2.28. The molecule has 0 aliphatic carbocycles. The molecule has 0 amide bonds. The number of ether oxygens (including phenoxy) is 1. The van der Waals surface area contributed by atoms with Crippen LogP contribution in [-0.4, -0.2) is 26.7 Å². The second kappa shape index (κ2) is 7.64. The predicted octanol–water partition coefficient (Wildman–Crippen LogP) is 3.91. The third-order valence-electron chi connectivity index (χ3n) is 5.42. The monoisotopic (exact) mass is 392 g/mol. The number of thiocarbonyl (C=S) groups is 1. The third kappa shape index (κ3) is 3.36. The molecular weight excluding hydrogens is 368 g/mol. The Morgan fingerprint density at radius 1 is 1.11 bits per heavy atom. The van der Waals surface area contributed by atoms with Gasteiger partial charge in [0.1, 0.15) is 5.75 Å². The number of aromatic nitrogens is 2. The second-order valence-electron chi connectivity index (χ2n) is 7.06. The largest absolute Gasteiger partial charge is 0.497 e. The molecule has 6 heteroatoms. The molecule has 4 rings (SSSR count). The van der Waals surface area contributed by atoms with Crippen molar-refractivity contribution in [1.29, 1.82) is 0 Å². The van der Waals surface area contributed by atoms with Gasteiger partial charge in [-0.15, -0.1) is 0 Å². The highest BCUT2D eigenvalue weighted by Gasteiger charge is 2.41. The summed E-state index contributed by atoms with van der Waals surface area (Å²) in [4.78, 5) is 6.85. The van der Waals surface area contributed by atoms with Crippen molar-refractivity contribution < 1.29 is 4.74 Å². The Morgan fingerprint density at radius 2 is 1.89 bits per heavy atom. The van der Waals surface area contributed by atoms with Gasteiger partial charge >= 0.3 is 0 Å². The van der Waals surface area contributed by atoms with E-state index in [9.17, 15) is 0 Å². The molecule has 3 aromatic rings. The van der Waals surface area contributed by atoms with Gasteiger partial charge in [-0.25, -0.2) is 0 Å². The van der Waals surface area contributed by atoms with Crippen LogP contribution in [0.15, 0.2) is 60.8 Å². The van der Waals surface area contributed by atoms with Gasteiger partial charge in [0.05, 0.1) is 24.9 Å². The van der Waals surface area contributed by atoms with Gasteiger partial charge in [-0.2, -0.15) is 0 Å². The summed E-state index contributed by atoms with van der Waals surface area (Å²) in [6, 6.07) is 18.6. The fourth-order valence-electron chi connectivity index (χ4n) is 3.76. The molecule has 1 saturated heterocycles. The average molecular weight is 393 g/mol. The van der Waals surface area contributed by atoms with Crippen LogP contribution in [-0.2, 0) is 13.6 Å². The Labute approximate surface area is 171 Å². The summed E-state index contributed by atoms with van der Waals surface area (Å²) in [5.41, 5.74) is 4.61. The summed E-state index contributed by atoms with van der Waals surface area (Å²) < 4.78 is 7.51. The molecule has 1 N–H and O–H groups in total. The predicted molar refractivity (Wildman–Crippen MR) is 114 cm³/mol.